The average Bonchev–Trinajstić information content (AvgIpc) is 2.88. The van der Waals surface area contributed by atoms with Crippen molar-refractivity contribution in [2.45, 2.75) is 25.8 Å². The summed E-state index contributed by atoms with van der Waals surface area (Å²) in [7, 11) is -1.16. The van der Waals surface area contributed by atoms with Gasteiger partial charge in [0.25, 0.3) is 0 Å². The molecule has 0 aliphatic carbocycles. The number of hydrogen-bond acceptors (Lipinski definition) is 3. The Bertz CT molecular complexity index is 1330. The molecule has 1 aliphatic rings. The van der Waals surface area contributed by atoms with Gasteiger partial charge in [-0.05, 0) is 51.7 Å². The molecule has 5 rings (SSSR count). The summed E-state index contributed by atoms with van der Waals surface area (Å²) >= 11 is 0. The molecule has 0 spiro atoms. The number of ether oxygens (including phenoxy) is 1. The average molecular weight is 464 g/mol. The van der Waals surface area contributed by atoms with E-state index < -0.39 is 8.32 Å². The first-order valence-electron chi connectivity index (χ1n) is 11.6. The van der Waals surface area contributed by atoms with E-state index in [4.69, 9.17) is 14.2 Å². The first-order valence-corrected chi connectivity index (χ1v) is 13.5. The van der Waals surface area contributed by atoms with E-state index in [9.17, 15) is 0 Å². The van der Waals surface area contributed by atoms with Crippen LogP contribution in [0.3, 0.4) is 0 Å². The highest BCUT2D eigenvalue weighted by Gasteiger charge is 2.56. The molecule has 0 unspecified atom stereocenters. The maximum Gasteiger partial charge on any atom is 0.324 e. The molecule has 0 saturated heterocycles. The molecule has 0 saturated carbocycles. The summed E-state index contributed by atoms with van der Waals surface area (Å²) in [5.74, 6) is 1.49. The topological polar surface area (TPSA) is 30.8 Å². The lowest BCUT2D eigenvalue weighted by molar-refractivity contribution is 0.414. The zero-order valence-electron chi connectivity index (χ0n) is 20.1. The highest BCUT2D eigenvalue weighted by Crippen LogP contribution is 2.43. The smallest absolute Gasteiger partial charge is 0.324 e. The number of aliphatic imine (C=N–C) groups is 1. The SMILES string of the molecule is COc1ccc(C2=Nc3cccc(-c4ccccc4)c3[Si@](c3ccccc3)(C(C)(C)C)O2)cc1. The van der Waals surface area contributed by atoms with Gasteiger partial charge in [-0.3, -0.25) is 0 Å². The van der Waals surface area contributed by atoms with Crippen molar-refractivity contribution in [3.8, 4) is 16.9 Å². The van der Waals surface area contributed by atoms with Gasteiger partial charge in [0.05, 0.1) is 12.8 Å². The number of fused-ring (bicyclic) bond motifs is 1. The molecule has 0 N–H and O–H groups in total. The van der Waals surface area contributed by atoms with E-state index in [0.717, 1.165) is 17.0 Å². The Hall–Kier alpha value is -3.63. The van der Waals surface area contributed by atoms with Crippen molar-refractivity contribution < 1.29 is 9.16 Å². The monoisotopic (exact) mass is 463 g/mol. The van der Waals surface area contributed by atoms with E-state index >= 15 is 0 Å². The summed E-state index contributed by atoms with van der Waals surface area (Å²) in [4.78, 5) is 5.08. The van der Waals surface area contributed by atoms with E-state index in [1.54, 1.807) is 7.11 Å². The molecule has 4 aromatic carbocycles. The van der Waals surface area contributed by atoms with E-state index in [2.05, 4.69) is 99.6 Å². The van der Waals surface area contributed by atoms with E-state index in [1.807, 2.05) is 24.3 Å². The predicted octanol–water partition coefficient (Wildman–Crippen LogP) is 6.33. The minimum absolute atomic E-state index is 0.151. The third-order valence-electron chi connectivity index (χ3n) is 6.52. The summed E-state index contributed by atoms with van der Waals surface area (Å²) < 4.78 is 12.6. The van der Waals surface area contributed by atoms with E-state index in [1.165, 1.54) is 21.5 Å². The molecule has 0 fully saturated rings. The second kappa shape index (κ2) is 8.62. The van der Waals surface area contributed by atoms with Crippen molar-refractivity contribution in [3.63, 3.8) is 0 Å². The second-order valence-corrected chi connectivity index (χ2v) is 13.8. The number of benzene rings is 4. The lowest BCUT2D eigenvalue weighted by atomic mass is 10.0. The van der Waals surface area contributed by atoms with Gasteiger partial charge in [-0.1, -0.05) is 93.6 Å². The van der Waals surface area contributed by atoms with Crippen LogP contribution in [0.1, 0.15) is 26.3 Å². The molecule has 0 bridgehead atoms. The van der Waals surface area contributed by atoms with Gasteiger partial charge in [0.1, 0.15) is 5.75 Å². The molecule has 4 heteroatoms. The quantitative estimate of drug-likeness (QED) is 0.331. The number of nitrogens with zero attached hydrogens (tertiary/aromatic N) is 1. The second-order valence-electron chi connectivity index (χ2n) is 9.61. The zero-order valence-corrected chi connectivity index (χ0v) is 21.1. The Kier molecular flexibility index (Phi) is 5.62. The zero-order chi connectivity index (χ0) is 23.8. The minimum atomic E-state index is -2.84. The van der Waals surface area contributed by atoms with Gasteiger partial charge < -0.3 is 9.16 Å². The van der Waals surface area contributed by atoms with Gasteiger partial charge in [0.2, 0.25) is 5.90 Å². The first-order chi connectivity index (χ1) is 16.4. The number of rotatable bonds is 4. The van der Waals surface area contributed by atoms with E-state index in [-0.39, 0.29) is 5.04 Å². The predicted molar refractivity (Wildman–Crippen MR) is 143 cm³/mol. The van der Waals surface area contributed by atoms with Gasteiger partial charge in [0, 0.05) is 10.8 Å². The van der Waals surface area contributed by atoms with Crippen LogP contribution in [0.15, 0.2) is 108 Å². The Labute approximate surface area is 202 Å². The lowest BCUT2D eigenvalue weighted by Crippen LogP contribution is -2.69. The van der Waals surface area contributed by atoms with Gasteiger partial charge in [-0.2, -0.15) is 0 Å². The van der Waals surface area contributed by atoms with Crippen LogP contribution in [0, 0.1) is 0 Å². The van der Waals surface area contributed by atoms with Gasteiger partial charge >= 0.3 is 8.32 Å². The molecule has 1 heterocycles. The third-order valence-corrected chi connectivity index (χ3v) is 11.5. The maximum absolute atomic E-state index is 7.22. The van der Waals surface area contributed by atoms with Crippen molar-refractivity contribution in [3.05, 3.63) is 109 Å². The van der Waals surface area contributed by atoms with Crippen LogP contribution in [-0.2, 0) is 4.43 Å². The van der Waals surface area contributed by atoms with Crippen LogP contribution in [0.5, 0.6) is 5.75 Å². The highest BCUT2D eigenvalue weighted by molar-refractivity contribution is 7.02. The lowest BCUT2D eigenvalue weighted by Gasteiger charge is -2.46. The molecule has 170 valence electrons. The van der Waals surface area contributed by atoms with Crippen molar-refractivity contribution >= 4 is 30.3 Å². The molecular formula is C30H29NO2Si. The van der Waals surface area contributed by atoms with Crippen LogP contribution in [0.25, 0.3) is 11.1 Å². The molecule has 1 atom stereocenters. The van der Waals surface area contributed by atoms with Crippen LogP contribution < -0.4 is 15.1 Å². The molecule has 4 aromatic rings. The number of methoxy groups -OCH3 is 1. The standard InChI is InChI=1S/C30H29NO2Si/c1-30(2,3)34(25-14-9-6-10-15-25)28-26(22-12-7-5-8-13-22)16-11-17-27(28)31-29(33-34)23-18-20-24(32-4)21-19-23/h5-21H,1-4H3/t34-/m1/s1. The molecule has 0 radical (unpaired) electrons. The van der Waals surface area contributed by atoms with Crippen molar-refractivity contribution in [1.82, 2.24) is 0 Å². The van der Waals surface area contributed by atoms with Gasteiger partial charge in [-0.15, -0.1) is 0 Å². The summed E-state index contributed by atoms with van der Waals surface area (Å²) in [5.41, 5.74) is 4.32. The molecule has 0 aromatic heterocycles. The fourth-order valence-electron chi connectivity index (χ4n) is 4.88. The summed E-state index contributed by atoms with van der Waals surface area (Å²) in [6.45, 7) is 6.90. The molecule has 1 aliphatic heterocycles. The van der Waals surface area contributed by atoms with Crippen molar-refractivity contribution in [2.75, 3.05) is 7.11 Å². The largest absolute Gasteiger partial charge is 0.521 e. The maximum atomic E-state index is 7.22. The normalized spacial score (nSPS) is 17.4. The van der Waals surface area contributed by atoms with Crippen LogP contribution in [0.4, 0.5) is 5.69 Å². The van der Waals surface area contributed by atoms with Crippen LogP contribution in [-0.4, -0.2) is 21.3 Å². The van der Waals surface area contributed by atoms with Gasteiger partial charge in [-0.25, -0.2) is 4.99 Å². The Morgan fingerprint density at radius 1 is 0.706 bits per heavy atom. The highest BCUT2D eigenvalue weighted by atomic mass is 28.4. The molecule has 0 amide bonds. The summed E-state index contributed by atoms with van der Waals surface area (Å²) in [5, 5.41) is 2.33. The van der Waals surface area contributed by atoms with Crippen molar-refractivity contribution in [2.24, 2.45) is 4.99 Å². The van der Waals surface area contributed by atoms with Gasteiger partial charge in [0.15, 0.2) is 0 Å². The van der Waals surface area contributed by atoms with Crippen LogP contribution >= 0.6 is 0 Å². The third kappa shape index (κ3) is 3.64. The Morgan fingerprint density at radius 3 is 1.97 bits per heavy atom. The van der Waals surface area contributed by atoms with Crippen LogP contribution in [0.2, 0.25) is 5.04 Å². The minimum Gasteiger partial charge on any atom is -0.521 e. The molecular weight excluding hydrogens is 434 g/mol. The summed E-state index contributed by atoms with van der Waals surface area (Å²) in [6, 6.07) is 35.7. The van der Waals surface area contributed by atoms with Crippen molar-refractivity contribution in [1.29, 1.82) is 0 Å². The first kappa shape index (κ1) is 22.2. The van der Waals surface area contributed by atoms with E-state index in [0.29, 0.717) is 5.90 Å². The Balaban J connectivity index is 1.84. The molecule has 34 heavy (non-hydrogen) atoms. The fourth-order valence-corrected chi connectivity index (χ4v) is 9.54. The number of hydrogen-bond donors (Lipinski definition) is 0. The molecule has 3 nitrogen and oxygen atoms in total. The fraction of sp³-hybridized carbons (Fsp3) is 0.167. The Morgan fingerprint density at radius 2 is 1.35 bits per heavy atom. The summed E-state index contributed by atoms with van der Waals surface area (Å²) in [6.07, 6.45) is 0.